The van der Waals surface area contributed by atoms with Gasteiger partial charge in [0.05, 0.1) is 12.3 Å². The lowest BCUT2D eigenvalue weighted by atomic mass is 10.4. The summed E-state index contributed by atoms with van der Waals surface area (Å²) in [5.41, 5.74) is 5.84. The first-order valence-corrected chi connectivity index (χ1v) is 6.83. The van der Waals surface area contributed by atoms with Crippen LogP contribution in [0.2, 0.25) is 0 Å². The fourth-order valence-corrected chi connectivity index (χ4v) is 3.43. The van der Waals surface area contributed by atoms with Gasteiger partial charge in [0.25, 0.3) is 0 Å². The number of hydrogen-bond acceptors (Lipinski definition) is 5. The highest BCUT2D eigenvalue weighted by Gasteiger charge is 2.38. The minimum Gasteiger partial charge on any atom is -0.398 e. The van der Waals surface area contributed by atoms with Gasteiger partial charge >= 0.3 is 0 Å². The topological polar surface area (TPSA) is 96.5 Å². The number of hydrogen-bond donors (Lipinski definition) is 2. The minimum absolute atomic E-state index is 0.00763. The SMILES string of the molecule is Nc1ccncc1S(=O)(=O)N(CCO)C1CC1. The summed E-state index contributed by atoms with van der Waals surface area (Å²) >= 11 is 0. The third-order valence-electron chi connectivity index (χ3n) is 2.68. The van der Waals surface area contributed by atoms with E-state index in [-0.39, 0.29) is 29.8 Å². The Morgan fingerprint density at radius 3 is 2.76 bits per heavy atom. The van der Waals surface area contributed by atoms with Gasteiger partial charge in [-0.15, -0.1) is 0 Å². The molecule has 0 unspecified atom stereocenters. The lowest BCUT2D eigenvalue weighted by Gasteiger charge is -2.21. The summed E-state index contributed by atoms with van der Waals surface area (Å²) in [6, 6.07) is 1.45. The smallest absolute Gasteiger partial charge is 0.246 e. The van der Waals surface area contributed by atoms with Gasteiger partial charge in [0.2, 0.25) is 10.0 Å². The van der Waals surface area contributed by atoms with Crippen LogP contribution in [-0.2, 0) is 10.0 Å². The molecule has 1 aliphatic rings. The van der Waals surface area contributed by atoms with Crippen LogP contribution < -0.4 is 5.73 Å². The van der Waals surface area contributed by atoms with E-state index in [0.717, 1.165) is 12.8 Å². The molecule has 0 aromatic carbocycles. The maximum Gasteiger partial charge on any atom is 0.246 e. The molecule has 0 radical (unpaired) electrons. The van der Waals surface area contributed by atoms with Gasteiger partial charge in [-0.05, 0) is 18.9 Å². The van der Waals surface area contributed by atoms with Gasteiger partial charge in [0, 0.05) is 25.0 Å². The highest BCUT2D eigenvalue weighted by Crippen LogP contribution is 2.32. The van der Waals surface area contributed by atoms with Gasteiger partial charge in [-0.1, -0.05) is 0 Å². The highest BCUT2D eigenvalue weighted by molar-refractivity contribution is 7.89. The lowest BCUT2D eigenvalue weighted by molar-refractivity contribution is 0.250. The molecule has 0 atom stereocenters. The van der Waals surface area contributed by atoms with E-state index in [0.29, 0.717) is 0 Å². The average molecular weight is 257 g/mol. The van der Waals surface area contributed by atoms with E-state index in [1.54, 1.807) is 0 Å². The Bertz CT molecular complexity index is 499. The Hall–Kier alpha value is -1.18. The van der Waals surface area contributed by atoms with Gasteiger partial charge in [0.15, 0.2) is 0 Å². The normalized spacial score (nSPS) is 16.4. The number of nitrogens with two attached hydrogens (primary N) is 1. The largest absolute Gasteiger partial charge is 0.398 e. The Kier molecular flexibility index (Phi) is 3.32. The molecule has 1 aromatic heterocycles. The third kappa shape index (κ3) is 2.41. The quantitative estimate of drug-likeness (QED) is 0.762. The molecular formula is C10H15N3O3S. The zero-order valence-electron chi connectivity index (χ0n) is 9.28. The fourth-order valence-electron chi connectivity index (χ4n) is 1.69. The Labute approximate surface area is 100 Å². The van der Waals surface area contributed by atoms with Crippen molar-refractivity contribution in [3.63, 3.8) is 0 Å². The molecule has 2 rings (SSSR count). The molecule has 1 saturated carbocycles. The van der Waals surface area contributed by atoms with Crippen molar-refractivity contribution < 1.29 is 13.5 Å². The zero-order chi connectivity index (χ0) is 12.5. The molecule has 0 amide bonds. The van der Waals surface area contributed by atoms with Gasteiger partial charge in [-0.3, -0.25) is 4.98 Å². The number of pyridine rings is 1. The van der Waals surface area contributed by atoms with E-state index in [1.807, 2.05) is 0 Å². The van der Waals surface area contributed by atoms with Crippen molar-refractivity contribution in [3.8, 4) is 0 Å². The standard InChI is InChI=1S/C10H15N3O3S/c11-9-3-4-12-7-10(9)17(15,16)13(5-6-14)8-1-2-8/h3-4,7-8,14H,1-2,5-6H2,(H2,11,12). The first kappa shape index (κ1) is 12.3. The number of nitrogens with zero attached hydrogens (tertiary/aromatic N) is 2. The van der Waals surface area contributed by atoms with Crippen LogP contribution in [0.5, 0.6) is 0 Å². The first-order chi connectivity index (χ1) is 8.07. The lowest BCUT2D eigenvalue weighted by Crippen LogP contribution is -2.35. The number of rotatable bonds is 5. The van der Waals surface area contributed by atoms with E-state index < -0.39 is 10.0 Å². The Morgan fingerprint density at radius 2 is 2.24 bits per heavy atom. The summed E-state index contributed by atoms with van der Waals surface area (Å²) in [5, 5.41) is 8.94. The number of aliphatic hydroxyl groups is 1. The molecule has 0 aliphatic heterocycles. The minimum atomic E-state index is -3.64. The summed E-state index contributed by atoms with van der Waals surface area (Å²) in [6.45, 7) is -0.1000. The maximum absolute atomic E-state index is 12.3. The monoisotopic (exact) mass is 257 g/mol. The summed E-state index contributed by atoms with van der Waals surface area (Å²) < 4.78 is 25.9. The van der Waals surface area contributed by atoms with Crippen molar-refractivity contribution in [1.82, 2.24) is 9.29 Å². The molecule has 0 bridgehead atoms. The van der Waals surface area contributed by atoms with E-state index >= 15 is 0 Å². The molecule has 7 heteroatoms. The van der Waals surface area contributed by atoms with Gasteiger partial charge in [0.1, 0.15) is 4.90 Å². The molecule has 94 valence electrons. The third-order valence-corrected chi connectivity index (χ3v) is 4.67. The molecule has 0 saturated heterocycles. The summed E-state index contributed by atoms with van der Waals surface area (Å²) in [5.74, 6) is 0. The van der Waals surface area contributed by atoms with Crippen LogP contribution in [0.15, 0.2) is 23.4 Å². The first-order valence-electron chi connectivity index (χ1n) is 5.39. The molecule has 1 fully saturated rings. The van der Waals surface area contributed by atoms with Crippen molar-refractivity contribution in [2.24, 2.45) is 0 Å². The van der Waals surface area contributed by atoms with E-state index in [4.69, 9.17) is 10.8 Å². The van der Waals surface area contributed by atoms with E-state index in [2.05, 4.69) is 4.98 Å². The predicted molar refractivity (Wildman–Crippen MR) is 62.6 cm³/mol. The molecule has 0 spiro atoms. The molecule has 1 aliphatic carbocycles. The molecule has 17 heavy (non-hydrogen) atoms. The second-order valence-corrected chi connectivity index (χ2v) is 5.84. The van der Waals surface area contributed by atoms with Gasteiger partial charge in [-0.25, -0.2) is 8.42 Å². The number of nitrogen functional groups attached to an aromatic ring is 1. The molecule has 6 nitrogen and oxygen atoms in total. The number of sulfonamides is 1. The van der Waals surface area contributed by atoms with Crippen molar-refractivity contribution in [3.05, 3.63) is 18.5 Å². The predicted octanol–water partition coefficient (Wildman–Crippen LogP) is -0.191. The van der Waals surface area contributed by atoms with E-state index in [9.17, 15) is 8.42 Å². The second kappa shape index (κ2) is 4.59. The van der Waals surface area contributed by atoms with Crippen LogP contribution in [0.4, 0.5) is 5.69 Å². The van der Waals surface area contributed by atoms with Gasteiger partial charge in [-0.2, -0.15) is 4.31 Å². The number of aromatic nitrogens is 1. The van der Waals surface area contributed by atoms with Crippen LogP contribution in [-0.4, -0.2) is 42.0 Å². The van der Waals surface area contributed by atoms with Crippen molar-refractivity contribution in [2.45, 2.75) is 23.8 Å². The number of aliphatic hydroxyl groups excluding tert-OH is 1. The molecule has 1 heterocycles. The zero-order valence-corrected chi connectivity index (χ0v) is 10.1. The van der Waals surface area contributed by atoms with Crippen molar-refractivity contribution in [1.29, 1.82) is 0 Å². The second-order valence-electron chi connectivity index (χ2n) is 3.98. The number of anilines is 1. The summed E-state index contributed by atoms with van der Waals surface area (Å²) in [7, 11) is -3.64. The van der Waals surface area contributed by atoms with Crippen LogP contribution in [0.3, 0.4) is 0 Å². The Morgan fingerprint density at radius 1 is 1.53 bits per heavy atom. The molecule has 1 aromatic rings. The Balaban J connectivity index is 2.37. The molecular weight excluding hydrogens is 242 g/mol. The maximum atomic E-state index is 12.3. The van der Waals surface area contributed by atoms with Crippen LogP contribution >= 0.6 is 0 Å². The van der Waals surface area contributed by atoms with Crippen LogP contribution in [0, 0.1) is 0 Å². The van der Waals surface area contributed by atoms with Crippen LogP contribution in [0.25, 0.3) is 0 Å². The van der Waals surface area contributed by atoms with Gasteiger partial charge < -0.3 is 10.8 Å². The average Bonchev–Trinajstić information content (AvgIpc) is 3.10. The van der Waals surface area contributed by atoms with Crippen LogP contribution in [0.1, 0.15) is 12.8 Å². The summed E-state index contributed by atoms with van der Waals surface area (Å²) in [6.07, 6.45) is 4.36. The molecule has 3 N–H and O–H groups in total. The van der Waals surface area contributed by atoms with Crippen molar-refractivity contribution >= 4 is 15.7 Å². The summed E-state index contributed by atoms with van der Waals surface area (Å²) in [4.78, 5) is 3.80. The fraction of sp³-hybridized carbons (Fsp3) is 0.500. The highest BCUT2D eigenvalue weighted by atomic mass is 32.2. The van der Waals surface area contributed by atoms with Crippen molar-refractivity contribution in [2.75, 3.05) is 18.9 Å². The van der Waals surface area contributed by atoms with E-state index in [1.165, 1.54) is 22.8 Å².